The van der Waals surface area contributed by atoms with Crippen LogP contribution in [0.1, 0.15) is 39.6 Å². The molecule has 0 fully saturated rings. The zero-order valence-corrected chi connectivity index (χ0v) is 14.4. The molecule has 0 aliphatic heterocycles. The van der Waals surface area contributed by atoms with Crippen LogP contribution in [-0.2, 0) is 13.5 Å². The number of rotatable bonds is 3. The molecule has 1 unspecified atom stereocenters. The van der Waals surface area contributed by atoms with Crippen LogP contribution in [0.25, 0.3) is 11.3 Å². The molecule has 2 aromatic heterocycles. The first-order chi connectivity index (χ1) is 12.1. The maximum absolute atomic E-state index is 12.4. The van der Waals surface area contributed by atoms with E-state index in [0.717, 1.165) is 24.1 Å². The van der Waals surface area contributed by atoms with Gasteiger partial charge in [-0.15, -0.1) is 0 Å². The lowest BCUT2D eigenvalue weighted by atomic mass is 10.0. The fourth-order valence-corrected chi connectivity index (χ4v) is 3.45. The predicted octanol–water partition coefficient (Wildman–Crippen LogP) is 3.21. The third-order valence-corrected chi connectivity index (χ3v) is 4.79. The van der Waals surface area contributed by atoms with Crippen molar-refractivity contribution in [3.63, 3.8) is 0 Å². The summed E-state index contributed by atoms with van der Waals surface area (Å²) in [6.45, 7) is 2.07. The van der Waals surface area contributed by atoms with E-state index in [9.17, 15) is 4.79 Å². The van der Waals surface area contributed by atoms with Crippen molar-refractivity contribution in [3.05, 3.63) is 71.2 Å². The summed E-state index contributed by atoms with van der Waals surface area (Å²) in [4.78, 5) is 16.9. The van der Waals surface area contributed by atoms with Crippen molar-refractivity contribution in [2.45, 2.75) is 25.8 Å². The maximum Gasteiger partial charge on any atom is 0.270 e. The average molecular weight is 332 g/mol. The van der Waals surface area contributed by atoms with Gasteiger partial charge in [0.15, 0.2) is 0 Å². The van der Waals surface area contributed by atoms with Crippen LogP contribution >= 0.6 is 0 Å². The van der Waals surface area contributed by atoms with Crippen LogP contribution in [0, 0.1) is 6.92 Å². The molecular weight excluding hydrogens is 312 g/mol. The number of hydrogen-bond acceptors (Lipinski definition) is 3. The maximum atomic E-state index is 12.4. The van der Waals surface area contributed by atoms with E-state index >= 15 is 0 Å². The molecule has 2 heterocycles. The highest BCUT2D eigenvalue weighted by Crippen LogP contribution is 2.34. The second-order valence-corrected chi connectivity index (χ2v) is 6.54. The molecule has 1 aliphatic carbocycles. The van der Waals surface area contributed by atoms with Crippen molar-refractivity contribution >= 4 is 5.91 Å². The molecule has 25 heavy (non-hydrogen) atoms. The average Bonchev–Trinajstić information content (AvgIpc) is 3.21. The van der Waals surface area contributed by atoms with E-state index in [1.54, 1.807) is 24.0 Å². The summed E-state index contributed by atoms with van der Waals surface area (Å²) in [7, 11) is 1.78. The number of benzene rings is 1. The lowest BCUT2D eigenvalue weighted by Gasteiger charge is -2.14. The van der Waals surface area contributed by atoms with Crippen molar-refractivity contribution in [2.75, 3.05) is 0 Å². The van der Waals surface area contributed by atoms with Gasteiger partial charge < -0.3 is 5.32 Å². The van der Waals surface area contributed by atoms with E-state index in [-0.39, 0.29) is 11.9 Å². The van der Waals surface area contributed by atoms with Gasteiger partial charge in [-0.2, -0.15) is 5.10 Å². The first-order valence-electron chi connectivity index (χ1n) is 8.46. The predicted molar refractivity (Wildman–Crippen MR) is 96.1 cm³/mol. The normalized spacial score (nSPS) is 15.8. The molecule has 0 saturated heterocycles. The Hall–Kier alpha value is -2.95. The molecule has 0 saturated carbocycles. The summed E-state index contributed by atoms with van der Waals surface area (Å²) in [6, 6.07) is 12.3. The molecule has 1 aliphatic rings. The fourth-order valence-electron chi connectivity index (χ4n) is 3.45. The van der Waals surface area contributed by atoms with E-state index in [1.165, 1.54) is 16.7 Å². The largest absolute Gasteiger partial charge is 0.344 e. The van der Waals surface area contributed by atoms with Gasteiger partial charge in [0.05, 0.1) is 11.7 Å². The summed E-state index contributed by atoms with van der Waals surface area (Å²) in [5.74, 6) is -0.0812. The van der Waals surface area contributed by atoms with Crippen molar-refractivity contribution in [1.29, 1.82) is 0 Å². The molecule has 5 heteroatoms. The summed E-state index contributed by atoms with van der Waals surface area (Å²) in [6.07, 6.45) is 5.36. The minimum absolute atomic E-state index is 0.0527. The molecule has 0 spiro atoms. The Kier molecular flexibility index (Phi) is 3.84. The zero-order valence-electron chi connectivity index (χ0n) is 14.4. The quantitative estimate of drug-likeness (QED) is 0.801. The lowest BCUT2D eigenvalue weighted by Crippen LogP contribution is -2.28. The van der Waals surface area contributed by atoms with Crippen molar-refractivity contribution in [1.82, 2.24) is 20.1 Å². The number of amides is 1. The number of hydrogen-bond donors (Lipinski definition) is 1. The Labute approximate surface area is 146 Å². The Bertz CT molecular complexity index is 944. The highest BCUT2D eigenvalue weighted by molar-refractivity contribution is 5.92. The van der Waals surface area contributed by atoms with Crippen LogP contribution in [0.15, 0.2) is 48.8 Å². The van der Waals surface area contributed by atoms with E-state index < -0.39 is 0 Å². The number of pyridine rings is 1. The topological polar surface area (TPSA) is 59.8 Å². The number of nitrogens with one attached hydrogen (secondary N) is 1. The van der Waals surface area contributed by atoms with Crippen LogP contribution in [0.3, 0.4) is 0 Å². The van der Waals surface area contributed by atoms with Gasteiger partial charge >= 0.3 is 0 Å². The first kappa shape index (κ1) is 15.6. The van der Waals surface area contributed by atoms with Crippen LogP contribution < -0.4 is 5.32 Å². The Morgan fingerprint density at radius 2 is 2.08 bits per heavy atom. The van der Waals surface area contributed by atoms with Crippen LogP contribution in [-0.4, -0.2) is 20.7 Å². The van der Waals surface area contributed by atoms with Crippen LogP contribution in [0.5, 0.6) is 0 Å². The number of aryl methyl sites for hydroxylation is 3. The highest BCUT2D eigenvalue weighted by Gasteiger charge is 2.25. The van der Waals surface area contributed by atoms with Gasteiger partial charge in [0, 0.05) is 25.0 Å². The number of carbonyl (C=O) groups excluding carboxylic acids is 1. The molecule has 3 aromatic rings. The van der Waals surface area contributed by atoms with Gasteiger partial charge in [-0.3, -0.25) is 14.5 Å². The fraction of sp³-hybridized carbons (Fsp3) is 0.250. The van der Waals surface area contributed by atoms with Gasteiger partial charge in [-0.05, 0) is 60.7 Å². The van der Waals surface area contributed by atoms with E-state index in [1.807, 2.05) is 12.3 Å². The Morgan fingerprint density at radius 1 is 1.20 bits per heavy atom. The number of fused-ring (bicyclic) bond motifs is 1. The molecule has 1 atom stereocenters. The number of aromatic nitrogens is 3. The standard InChI is InChI=1S/C20H20N4O/c1-13-7-9-21-18(11-13)15-3-5-16-14(12-15)4-6-17(16)23-20(25)19-8-10-22-24(19)2/h3,5,7-12,17H,4,6H2,1-2H3,(H,23,25). The lowest BCUT2D eigenvalue weighted by molar-refractivity contribution is 0.0927. The highest BCUT2D eigenvalue weighted by atomic mass is 16.2. The van der Waals surface area contributed by atoms with Crippen LogP contribution in [0.2, 0.25) is 0 Å². The molecule has 4 rings (SSSR count). The molecule has 1 N–H and O–H groups in total. The summed E-state index contributed by atoms with van der Waals surface area (Å²) in [5, 5.41) is 7.19. The molecule has 126 valence electrons. The Morgan fingerprint density at radius 3 is 2.84 bits per heavy atom. The minimum atomic E-state index is -0.0812. The Balaban J connectivity index is 1.57. The number of carbonyl (C=O) groups is 1. The molecule has 1 amide bonds. The van der Waals surface area contributed by atoms with Gasteiger partial charge in [0.2, 0.25) is 0 Å². The van der Waals surface area contributed by atoms with Gasteiger partial charge in [-0.1, -0.05) is 12.1 Å². The van der Waals surface area contributed by atoms with E-state index in [0.29, 0.717) is 5.69 Å². The van der Waals surface area contributed by atoms with Gasteiger partial charge in [-0.25, -0.2) is 0 Å². The SMILES string of the molecule is Cc1ccnc(-c2ccc3c(c2)CCC3NC(=O)c2ccnn2C)c1. The van der Waals surface area contributed by atoms with Gasteiger partial charge in [0.1, 0.15) is 5.69 Å². The van der Waals surface area contributed by atoms with Crippen molar-refractivity contribution in [2.24, 2.45) is 7.05 Å². The van der Waals surface area contributed by atoms with E-state index in [2.05, 4.69) is 46.6 Å². The smallest absolute Gasteiger partial charge is 0.270 e. The van der Waals surface area contributed by atoms with Gasteiger partial charge in [0.25, 0.3) is 5.91 Å². The summed E-state index contributed by atoms with van der Waals surface area (Å²) in [5.41, 5.74) is 6.38. The summed E-state index contributed by atoms with van der Waals surface area (Å²) >= 11 is 0. The monoisotopic (exact) mass is 332 g/mol. The zero-order chi connectivity index (χ0) is 17.4. The second kappa shape index (κ2) is 6.16. The summed E-state index contributed by atoms with van der Waals surface area (Å²) < 4.78 is 1.59. The number of nitrogens with zero attached hydrogens (tertiary/aromatic N) is 3. The third-order valence-electron chi connectivity index (χ3n) is 4.79. The first-order valence-corrected chi connectivity index (χ1v) is 8.46. The third kappa shape index (κ3) is 2.93. The molecule has 0 bridgehead atoms. The van der Waals surface area contributed by atoms with Crippen molar-refractivity contribution in [3.8, 4) is 11.3 Å². The molecular formula is C20H20N4O. The molecule has 0 radical (unpaired) electrons. The molecule has 1 aromatic carbocycles. The van der Waals surface area contributed by atoms with Crippen molar-refractivity contribution < 1.29 is 4.79 Å². The van der Waals surface area contributed by atoms with Crippen LogP contribution in [0.4, 0.5) is 0 Å². The minimum Gasteiger partial charge on any atom is -0.344 e. The van der Waals surface area contributed by atoms with E-state index in [4.69, 9.17) is 0 Å². The second-order valence-electron chi connectivity index (χ2n) is 6.54. The molecule has 5 nitrogen and oxygen atoms in total.